The van der Waals surface area contributed by atoms with Crippen LogP contribution in [0.5, 0.6) is 0 Å². The Bertz CT molecular complexity index is 652. The summed E-state index contributed by atoms with van der Waals surface area (Å²) in [7, 11) is 1.73. The number of aromatic nitrogens is 1. The molecule has 0 radical (unpaired) electrons. The number of carbonyl (C=O) groups is 1. The van der Waals surface area contributed by atoms with E-state index >= 15 is 0 Å². The van der Waals surface area contributed by atoms with Gasteiger partial charge >= 0.3 is 0 Å². The Hall–Kier alpha value is -1.82. The molecular weight excluding hydrogens is 322 g/mol. The lowest BCUT2D eigenvalue weighted by Crippen LogP contribution is -2.27. The molecule has 2 rings (SSSR count). The number of amides is 1. The maximum Gasteiger partial charge on any atom is 0.254 e. The second-order valence-electron chi connectivity index (χ2n) is 4.76. The predicted molar refractivity (Wildman–Crippen MR) is 80.3 cm³/mol. The Labute approximate surface area is 125 Å². The van der Waals surface area contributed by atoms with Crippen molar-refractivity contribution in [1.29, 1.82) is 0 Å². The van der Waals surface area contributed by atoms with Crippen LogP contribution in [0.15, 0.2) is 27.2 Å². The third-order valence-corrected chi connectivity index (χ3v) is 3.52. The molecule has 0 unspecified atom stereocenters. The minimum atomic E-state index is -0.101. The fourth-order valence-corrected chi connectivity index (χ4v) is 2.41. The van der Waals surface area contributed by atoms with E-state index in [0.29, 0.717) is 17.8 Å². The van der Waals surface area contributed by atoms with E-state index in [1.165, 1.54) is 0 Å². The van der Waals surface area contributed by atoms with E-state index in [4.69, 9.17) is 10.3 Å². The fraction of sp³-hybridized carbons (Fsp3) is 0.286. The van der Waals surface area contributed by atoms with E-state index in [-0.39, 0.29) is 5.91 Å². The maximum atomic E-state index is 12.5. The number of hydrogen-bond donors (Lipinski definition) is 1. The quantitative estimate of drug-likeness (QED) is 0.874. The average molecular weight is 338 g/mol. The highest BCUT2D eigenvalue weighted by Gasteiger charge is 2.17. The number of halogens is 1. The van der Waals surface area contributed by atoms with Gasteiger partial charge in [-0.3, -0.25) is 4.79 Å². The summed E-state index contributed by atoms with van der Waals surface area (Å²) < 4.78 is 5.78. The number of anilines is 1. The number of carbonyl (C=O) groups excluding carboxylic acids is 1. The van der Waals surface area contributed by atoms with E-state index in [1.54, 1.807) is 24.1 Å². The Morgan fingerprint density at radius 3 is 2.70 bits per heavy atom. The standard InChI is InChI=1S/C14H16BrN3O2/c1-8-4-11(17-20-8)7-18(3)14(19)12-5-10(15)6-13(16)9(12)2/h4-6H,7,16H2,1-3H3. The molecule has 0 bridgehead atoms. The van der Waals surface area contributed by atoms with Crippen LogP contribution in [0.3, 0.4) is 0 Å². The zero-order chi connectivity index (χ0) is 14.9. The van der Waals surface area contributed by atoms with Crippen molar-refractivity contribution in [3.05, 3.63) is 45.3 Å². The number of nitrogens with zero attached hydrogens (tertiary/aromatic N) is 2. The molecule has 0 spiro atoms. The van der Waals surface area contributed by atoms with Gasteiger partial charge in [0.25, 0.3) is 5.91 Å². The first-order chi connectivity index (χ1) is 9.38. The smallest absolute Gasteiger partial charge is 0.254 e. The molecule has 0 saturated carbocycles. The third kappa shape index (κ3) is 3.01. The van der Waals surface area contributed by atoms with Crippen LogP contribution in [0.2, 0.25) is 0 Å². The van der Waals surface area contributed by atoms with Crippen LogP contribution >= 0.6 is 15.9 Å². The van der Waals surface area contributed by atoms with E-state index in [0.717, 1.165) is 21.5 Å². The van der Waals surface area contributed by atoms with Gasteiger partial charge in [0.2, 0.25) is 0 Å². The van der Waals surface area contributed by atoms with Gasteiger partial charge in [0.1, 0.15) is 11.5 Å². The van der Waals surface area contributed by atoms with Crippen molar-refractivity contribution in [3.63, 3.8) is 0 Å². The molecule has 0 fully saturated rings. The summed E-state index contributed by atoms with van der Waals surface area (Å²) in [5.74, 6) is 0.625. The van der Waals surface area contributed by atoms with Crippen molar-refractivity contribution >= 4 is 27.5 Å². The molecule has 2 aromatic rings. The molecule has 2 N–H and O–H groups in total. The Kier molecular flexibility index (Phi) is 4.13. The molecule has 1 amide bonds. The van der Waals surface area contributed by atoms with Crippen LogP contribution in [-0.4, -0.2) is 23.0 Å². The van der Waals surface area contributed by atoms with Crippen LogP contribution in [0.1, 0.15) is 27.4 Å². The van der Waals surface area contributed by atoms with Crippen LogP contribution in [0, 0.1) is 13.8 Å². The number of rotatable bonds is 3. The first-order valence-electron chi connectivity index (χ1n) is 6.11. The molecule has 0 aliphatic rings. The molecule has 0 saturated heterocycles. The molecule has 0 aliphatic heterocycles. The zero-order valence-electron chi connectivity index (χ0n) is 11.6. The topological polar surface area (TPSA) is 72.4 Å². The molecule has 1 heterocycles. The highest BCUT2D eigenvalue weighted by Crippen LogP contribution is 2.24. The summed E-state index contributed by atoms with van der Waals surface area (Å²) in [6.45, 7) is 4.04. The SMILES string of the molecule is Cc1cc(CN(C)C(=O)c2cc(Br)cc(N)c2C)no1. The van der Waals surface area contributed by atoms with E-state index in [1.807, 2.05) is 19.9 Å². The maximum absolute atomic E-state index is 12.5. The minimum absolute atomic E-state index is 0.101. The lowest BCUT2D eigenvalue weighted by molar-refractivity contribution is 0.0781. The van der Waals surface area contributed by atoms with E-state index < -0.39 is 0 Å². The predicted octanol–water partition coefficient (Wildman–Crippen LogP) is 2.91. The van der Waals surface area contributed by atoms with Gasteiger partial charge in [-0.25, -0.2) is 0 Å². The fourth-order valence-electron chi connectivity index (χ4n) is 1.94. The normalized spacial score (nSPS) is 10.6. The van der Waals surface area contributed by atoms with E-state index in [9.17, 15) is 4.79 Å². The Morgan fingerprint density at radius 1 is 1.40 bits per heavy atom. The molecule has 1 aromatic heterocycles. The molecule has 1 aromatic carbocycles. The molecule has 6 heteroatoms. The first kappa shape index (κ1) is 14.6. The Balaban J connectivity index is 2.22. The first-order valence-corrected chi connectivity index (χ1v) is 6.91. The lowest BCUT2D eigenvalue weighted by atomic mass is 10.1. The average Bonchev–Trinajstić information content (AvgIpc) is 2.78. The van der Waals surface area contributed by atoms with Crippen molar-refractivity contribution in [2.45, 2.75) is 20.4 Å². The van der Waals surface area contributed by atoms with Gasteiger partial charge in [0, 0.05) is 28.8 Å². The van der Waals surface area contributed by atoms with Gasteiger partial charge in [-0.1, -0.05) is 21.1 Å². The highest BCUT2D eigenvalue weighted by atomic mass is 79.9. The van der Waals surface area contributed by atoms with Crippen LogP contribution < -0.4 is 5.73 Å². The molecular formula is C14H16BrN3O2. The summed E-state index contributed by atoms with van der Waals surface area (Å²) in [6.07, 6.45) is 0. The third-order valence-electron chi connectivity index (χ3n) is 3.07. The summed E-state index contributed by atoms with van der Waals surface area (Å²) in [6, 6.07) is 5.37. The van der Waals surface area contributed by atoms with Crippen molar-refractivity contribution in [2.24, 2.45) is 0 Å². The minimum Gasteiger partial charge on any atom is -0.398 e. The summed E-state index contributed by atoms with van der Waals surface area (Å²) >= 11 is 3.36. The van der Waals surface area contributed by atoms with Gasteiger partial charge < -0.3 is 15.2 Å². The van der Waals surface area contributed by atoms with Gasteiger partial charge in [0.05, 0.1) is 6.54 Å². The second kappa shape index (κ2) is 5.66. The lowest BCUT2D eigenvalue weighted by Gasteiger charge is -2.18. The number of nitrogen functional groups attached to an aromatic ring is 1. The molecule has 0 atom stereocenters. The molecule has 0 aliphatic carbocycles. The van der Waals surface area contributed by atoms with Gasteiger partial charge in [-0.15, -0.1) is 0 Å². The number of hydrogen-bond acceptors (Lipinski definition) is 4. The largest absolute Gasteiger partial charge is 0.398 e. The monoisotopic (exact) mass is 337 g/mol. The summed E-state index contributed by atoms with van der Waals surface area (Å²) in [4.78, 5) is 14.1. The number of benzene rings is 1. The van der Waals surface area contributed by atoms with Gasteiger partial charge in [-0.05, 0) is 31.5 Å². The van der Waals surface area contributed by atoms with E-state index in [2.05, 4.69) is 21.1 Å². The van der Waals surface area contributed by atoms with Crippen LogP contribution in [0.25, 0.3) is 0 Å². The van der Waals surface area contributed by atoms with Gasteiger partial charge in [-0.2, -0.15) is 0 Å². The van der Waals surface area contributed by atoms with Crippen molar-refractivity contribution in [3.8, 4) is 0 Å². The number of aryl methyl sites for hydroxylation is 1. The molecule has 5 nitrogen and oxygen atoms in total. The highest BCUT2D eigenvalue weighted by molar-refractivity contribution is 9.10. The molecule has 106 valence electrons. The van der Waals surface area contributed by atoms with Crippen molar-refractivity contribution in [1.82, 2.24) is 10.1 Å². The molecule has 20 heavy (non-hydrogen) atoms. The summed E-state index contributed by atoms with van der Waals surface area (Å²) in [5, 5.41) is 3.89. The van der Waals surface area contributed by atoms with Crippen LogP contribution in [-0.2, 0) is 6.54 Å². The van der Waals surface area contributed by atoms with Crippen molar-refractivity contribution in [2.75, 3.05) is 12.8 Å². The second-order valence-corrected chi connectivity index (χ2v) is 5.67. The summed E-state index contributed by atoms with van der Waals surface area (Å²) in [5.41, 5.74) is 8.56. The van der Waals surface area contributed by atoms with Gasteiger partial charge in [0.15, 0.2) is 0 Å². The number of nitrogens with two attached hydrogens (primary N) is 1. The Morgan fingerprint density at radius 2 is 2.10 bits per heavy atom. The van der Waals surface area contributed by atoms with Crippen molar-refractivity contribution < 1.29 is 9.32 Å². The van der Waals surface area contributed by atoms with Crippen LogP contribution in [0.4, 0.5) is 5.69 Å². The zero-order valence-corrected chi connectivity index (χ0v) is 13.2.